The van der Waals surface area contributed by atoms with Gasteiger partial charge in [0, 0.05) is 72.8 Å². The highest BCUT2D eigenvalue weighted by Crippen LogP contribution is 2.33. The lowest BCUT2D eigenvalue weighted by molar-refractivity contribution is 0.102. The van der Waals surface area contributed by atoms with Crippen LogP contribution in [0.4, 0.5) is 37.7 Å². The van der Waals surface area contributed by atoms with Crippen LogP contribution >= 0.6 is 39.1 Å². The predicted molar refractivity (Wildman–Crippen MR) is 267 cm³/mol. The van der Waals surface area contributed by atoms with E-state index in [1.54, 1.807) is 19.9 Å². The predicted octanol–water partition coefficient (Wildman–Crippen LogP) is 9.83. The van der Waals surface area contributed by atoms with Gasteiger partial charge in [-0.3, -0.25) is 19.0 Å². The maximum atomic E-state index is 15.1. The van der Waals surface area contributed by atoms with Gasteiger partial charge in [-0.2, -0.15) is 0 Å². The van der Waals surface area contributed by atoms with Gasteiger partial charge in [0.1, 0.15) is 34.6 Å². The summed E-state index contributed by atoms with van der Waals surface area (Å²) in [5.41, 5.74) is -1.19. The molecule has 376 valence electrons. The second-order valence-corrected chi connectivity index (χ2v) is 20.7. The van der Waals surface area contributed by atoms with Gasteiger partial charge in [-0.15, -0.1) is 0 Å². The van der Waals surface area contributed by atoms with Crippen molar-refractivity contribution in [2.24, 2.45) is 0 Å². The van der Waals surface area contributed by atoms with Gasteiger partial charge in [-0.25, -0.2) is 53.1 Å². The lowest BCUT2D eigenvalue weighted by atomic mass is 9.80. The third-order valence-electron chi connectivity index (χ3n) is 10.1. The number of pyridine rings is 2. The van der Waals surface area contributed by atoms with E-state index >= 15 is 4.39 Å². The average molecular weight is 1140 g/mol. The van der Waals surface area contributed by atoms with Crippen LogP contribution in [0, 0.1) is 34.9 Å². The van der Waals surface area contributed by atoms with Crippen LogP contribution in [0.25, 0.3) is 33.2 Å². The van der Waals surface area contributed by atoms with Crippen molar-refractivity contribution in [2.45, 2.75) is 26.7 Å². The minimum Gasteiger partial charge on any atom is -0.423 e. The standard InChI is InChI=1S/C23H17ClF3N3O3S.C17H14BrF2N3O3S.C6H5BClFO2/c1-2-7-34(32,33)30-19-6-5-18(26)20(21(19)27)22(31)16-11-29-23-15(16)8-12(10-28-23)14-4-3-13(25)9-17(14)24;1-2-5-27(25,26)23-13-4-3-12(19)14(15(13)20)16(24)11-8-22-17-10(11)6-9(18)7-21-17;8-6-3-4(9)1-2-5(6)7(10)11/h3-6,8-11,30H,2,7H2,1H3,(H,28,29);3-4,6-8,23H,2,5H2,1H3,(H,21,22);1-3,10-11H. The fourth-order valence-electron chi connectivity index (χ4n) is 6.86. The van der Waals surface area contributed by atoms with Crippen molar-refractivity contribution < 1.29 is 62.8 Å². The second-order valence-electron chi connectivity index (χ2n) is 15.3. The third-order valence-corrected chi connectivity index (χ3v) is 14.1. The van der Waals surface area contributed by atoms with Crippen molar-refractivity contribution in [3.05, 3.63) is 169 Å². The topological polar surface area (TPSA) is 224 Å². The first-order valence-corrected chi connectivity index (χ1v) is 25.7. The monoisotopic (exact) mass is 1140 g/mol. The van der Waals surface area contributed by atoms with Crippen LogP contribution in [-0.4, -0.2) is 77.0 Å². The minimum atomic E-state index is -3.87. The molecule has 6 N–H and O–H groups in total. The van der Waals surface area contributed by atoms with Gasteiger partial charge < -0.3 is 20.0 Å². The number of hydrogen-bond donors (Lipinski definition) is 6. The molecule has 14 nitrogen and oxygen atoms in total. The van der Waals surface area contributed by atoms with E-state index in [9.17, 15) is 48.4 Å². The van der Waals surface area contributed by atoms with E-state index in [4.69, 9.17) is 33.2 Å². The number of nitrogens with zero attached hydrogens (tertiary/aromatic N) is 2. The fourth-order valence-corrected chi connectivity index (χ4v) is 10.00. The van der Waals surface area contributed by atoms with Crippen molar-refractivity contribution in [3.8, 4) is 11.1 Å². The van der Waals surface area contributed by atoms with E-state index in [0.717, 1.165) is 42.5 Å². The molecule has 26 heteroatoms. The van der Waals surface area contributed by atoms with Gasteiger partial charge >= 0.3 is 7.12 Å². The van der Waals surface area contributed by atoms with Crippen molar-refractivity contribution in [1.82, 2.24) is 19.9 Å². The number of aromatic amines is 2. The van der Waals surface area contributed by atoms with Crippen LogP contribution in [0.5, 0.6) is 0 Å². The highest BCUT2D eigenvalue weighted by molar-refractivity contribution is 9.10. The number of halogens is 9. The average Bonchev–Trinajstić information content (AvgIpc) is 3.93. The summed E-state index contributed by atoms with van der Waals surface area (Å²) in [7, 11) is -9.33. The van der Waals surface area contributed by atoms with Crippen molar-refractivity contribution in [3.63, 3.8) is 0 Å². The maximum Gasteiger partial charge on any atom is 0.489 e. The summed E-state index contributed by atoms with van der Waals surface area (Å²) in [6.45, 7) is 3.28. The summed E-state index contributed by atoms with van der Waals surface area (Å²) >= 11 is 14.8. The number of sulfonamides is 2. The smallest absolute Gasteiger partial charge is 0.423 e. The fraction of sp³-hybridized carbons (Fsp3) is 0.130. The number of anilines is 2. The maximum absolute atomic E-state index is 15.1. The molecule has 8 rings (SSSR count). The zero-order chi connectivity index (χ0) is 52.8. The number of nitrogens with one attached hydrogen (secondary N) is 4. The summed E-state index contributed by atoms with van der Waals surface area (Å²) in [5.74, 6) is -8.30. The van der Waals surface area contributed by atoms with Gasteiger partial charge in [-0.1, -0.05) is 43.1 Å². The number of fused-ring (bicyclic) bond motifs is 2. The molecule has 0 aliphatic rings. The van der Waals surface area contributed by atoms with Crippen LogP contribution < -0.4 is 14.9 Å². The molecule has 0 atom stereocenters. The van der Waals surface area contributed by atoms with Gasteiger partial charge in [0.15, 0.2) is 11.6 Å². The van der Waals surface area contributed by atoms with Crippen molar-refractivity contribution in [2.75, 3.05) is 20.9 Å². The summed E-state index contributed by atoms with van der Waals surface area (Å²) < 4.78 is 137. The molecule has 4 heterocycles. The normalized spacial score (nSPS) is 11.4. The molecule has 72 heavy (non-hydrogen) atoms. The molecule has 0 saturated heterocycles. The Morgan fingerprint density at radius 2 is 1.11 bits per heavy atom. The van der Waals surface area contributed by atoms with Gasteiger partial charge in [0.25, 0.3) is 0 Å². The summed E-state index contributed by atoms with van der Waals surface area (Å²) in [6, 6.07) is 13.8. The number of hydrogen-bond acceptors (Lipinski definition) is 10. The Bertz CT molecular complexity index is 3610. The first-order chi connectivity index (χ1) is 33.9. The summed E-state index contributed by atoms with van der Waals surface area (Å²) in [4.78, 5) is 39.8. The molecule has 0 fully saturated rings. The molecular formula is C46H36BBrCl2F6N6O8S2. The van der Waals surface area contributed by atoms with Gasteiger partial charge in [-0.05, 0) is 95.5 Å². The Labute approximate surface area is 425 Å². The van der Waals surface area contributed by atoms with Crippen LogP contribution in [0.15, 0.2) is 102 Å². The minimum absolute atomic E-state index is 0.0139. The number of rotatable bonds is 14. The summed E-state index contributed by atoms with van der Waals surface area (Å²) in [5, 5.41) is 18.0. The number of aromatic nitrogens is 4. The first-order valence-electron chi connectivity index (χ1n) is 20.9. The third kappa shape index (κ3) is 12.8. The number of carbonyl (C=O) groups is 2. The van der Waals surface area contributed by atoms with E-state index in [-0.39, 0.29) is 55.6 Å². The lowest BCUT2D eigenvalue weighted by Gasteiger charge is -2.11. The Morgan fingerprint density at radius 1 is 0.653 bits per heavy atom. The Kier molecular flexibility index (Phi) is 17.6. The Balaban J connectivity index is 0.000000198. The van der Waals surface area contributed by atoms with E-state index < -0.39 is 96.1 Å². The molecular weight excluding hydrogens is 1100 g/mol. The zero-order valence-electron chi connectivity index (χ0n) is 37.1. The molecule has 0 radical (unpaired) electrons. The van der Waals surface area contributed by atoms with Crippen molar-refractivity contribution in [1.29, 1.82) is 0 Å². The molecule has 0 amide bonds. The number of benzene rings is 4. The molecule has 0 aliphatic carbocycles. The van der Waals surface area contributed by atoms with Crippen LogP contribution in [0.3, 0.4) is 0 Å². The van der Waals surface area contributed by atoms with Crippen LogP contribution in [-0.2, 0) is 20.0 Å². The lowest BCUT2D eigenvalue weighted by Crippen LogP contribution is -2.30. The Morgan fingerprint density at radius 3 is 1.57 bits per heavy atom. The van der Waals surface area contributed by atoms with Gasteiger partial charge in [0.2, 0.25) is 31.6 Å². The van der Waals surface area contributed by atoms with Crippen LogP contribution in [0.1, 0.15) is 58.5 Å². The zero-order valence-corrected chi connectivity index (χ0v) is 41.8. The molecule has 0 aliphatic heterocycles. The number of carbonyl (C=O) groups excluding carboxylic acids is 2. The quantitative estimate of drug-likeness (QED) is 0.0343. The van der Waals surface area contributed by atoms with E-state index in [1.165, 1.54) is 49.1 Å². The van der Waals surface area contributed by atoms with Crippen LogP contribution in [0.2, 0.25) is 10.0 Å². The molecule has 0 saturated carbocycles. The molecule has 8 aromatic rings. The molecule has 4 aromatic heterocycles. The van der Waals surface area contributed by atoms with Gasteiger partial charge in [0.05, 0.1) is 39.0 Å². The first kappa shape index (κ1) is 55.0. The summed E-state index contributed by atoms with van der Waals surface area (Å²) in [6.07, 6.45) is 6.13. The number of ketones is 2. The molecule has 4 aromatic carbocycles. The van der Waals surface area contributed by atoms with E-state index in [2.05, 4.69) is 40.6 Å². The molecule has 0 spiro atoms. The number of H-pyrrole nitrogens is 2. The second kappa shape index (κ2) is 23.1. The molecule has 0 unspecified atom stereocenters. The molecule has 0 bridgehead atoms. The van der Waals surface area contributed by atoms with E-state index in [1.807, 2.05) is 4.72 Å². The highest BCUT2D eigenvalue weighted by Gasteiger charge is 2.28. The highest BCUT2D eigenvalue weighted by atomic mass is 79.9. The Hall–Kier alpha value is -6.28. The van der Waals surface area contributed by atoms with Crippen molar-refractivity contribution >= 4 is 117 Å². The largest absolute Gasteiger partial charge is 0.489 e. The SMILES string of the molecule is CCCS(=O)(=O)Nc1ccc(F)c(C(=O)c2c[nH]c3ncc(-c4ccc(F)cc4Cl)cc23)c1F.CCCS(=O)(=O)Nc1ccc(F)c(C(=O)c2c[nH]c3ncc(Br)cc23)c1F.OB(O)c1ccc(F)cc1Cl. The van der Waals surface area contributed by atoms with E-state index in [0.29, 0.717) is 33.1 Å².